The summed E-state index contributed by atoms with van der Waals surface area (Å²) < 4.78 is 0. The molecule has 1 aliphatic rings. The molecule has 11 heavy (non-hydrogen) atoms. The Morgan fingerprint density at radius 3 is 2.82 bits per heavy atom. The molecule has 0 radical (unpaired) electrons. The fourth-order valence-electron chi connectivity index (χ4n) is 1.88. The van der Waals surface area contributed by atoms with E-state index in [1.54, 1.807) is 0 Å². The van der Waals surface area contributed by atoms with Gasteiger partial charge in [-0.05, 0) is 45.1 Å². The van der Waals surface area contributed by atoms with E-state index in [-0.39, 0.29) is 0 Å². The molecular formula is C10H21N. The van der Waals surface area contributed by atoms with Crippen molar-refractivity contribution in [2.24, 2.45) is 5.92 Å². The lowest BCUT2D eigenvalue weighted by atomic mass is 9.92. The number of hydrogen-bond acceptors (Lipinski definition) is 1. The van der Waals surface area contributed by atoms with Crippen LogP contribution in [0.2, 0.25) is 0 Å². The molecule has 0 bridgehead atoms. The van der Waals surface area contributed by atoms with E-state index in [9.17, 15) is 0 Å². The van der Waals surface area contributed by atoms with Crippen molar-refractivity contribution in [2.75, 3.05) is 6.54 Å². The van der Waals surface area contributed by atoms with Gasteiger partial charge in [0.15, 0.2) is 0 Å². The largest absolute Gasteiger partial charge is 0.314 e. The Kier molecular flexibility index (Phi) is 3.92. The molecule has 1 rings (SSSR count). The molecule has 1 nitrogen and oxygen atoms in total. The van der Waals surface area contributed by atoms with E-state index >= 15 is 0 Å². The molecule has 0 aliphatic carbocycles. The third kappa shape index (κ3) is 3.24. The van der Waals surface area contributed by atoms with Crippen molar-refractivity contribution in [1.29, 1.82) is 0 Å². The maximum atomic E-state index is 3.53. The summed E-state index contributed by atoms with van der Waals surface area (Å²) in [5.74, 6) is 1.01. The van der Waals surface area contributed by atoms with Crippen LogP contribution in [0, 0.1) is 5.92 Å². The molecule has 0 amide bonds. The summed E-state index contributed by atoms with van der Waals surface area (Å²) in [6, 6.07) is 0.754. The van der Waals surface area contributed by atoms with Crippen molar-refractivity contribution < 1.29 is 0 Å². The minimum atomic E-state index is 0.754. The Morgan fingerprint density at radius 1 is 1.27 bits per heavy atom. The highest BCUT2D eigenvalue weighted by Crippen LogP contribution is 2.19. The van der Waals surface area contributed by atoms with Gasteiger partial charge >= 0.3 is 0 Å². The summed E-state index contributed by atoms with van der Waals surface area (Å²) in [4.78, 5) is 0. The monoisotopic (exact) mass is 155 g/mol. The Bertz CT molecular complexity index is 101. The van der Waals surface area contributed by atoms with E-state index in [2.05, 4.69) is 19.2 Å². The van der Waals surface area contributed by atoms with Crippen LogP contribution in [0.25, 0.3) is 0 Å². The molecule has 0 aromatic heterocycles. The van der Waals surface area contributed by atoms with Crippen molar-refractivity contribution in [3.63, 3.8) is 0 Å². The zero-order valence-electron chi connectivity index (χ0n) is 7.90. The van der Waals surface area contributed by atoms with E-state index in [0.29, 0.717) is 0 Å². The normalized spacial score (nSPS) is 34.4. The van der Waals surface area contributed by atoms with Crippen LogP contribution in [-0.4, -0.2) is 12.6 Å². The first-order valence-corrected chi connectivity index (χ1v) is 5.06. The summed E-state index contributed by atoms with van der Waals surface area (Å²) in [5.41, 5.74) is 0. The van der Waals surface area contributed by atoms with E-state index in [1.807, 2.05) is 0 Å². The van der Waals surface area contributed by atoms with E-state index in [0.717, 1.165) is 12.0 Å². The molecule has 1 fully saturated rings. The van der Waals surface area contributed by atoms with E-state index in [1.165, 1.54) is 38.6 Å². The van der Waals surface area contributed by atoms with E-state index in [4.69, 9.17) is 0 Å². The second-order valence-electron chi connectivity index (χ2n) is 3.85. The van der Waals surface area contributed by atoms with Crippen LogP contribution in [0.5, 0.6) is 0 Å². The minimum absolute atomic E-state index is 0.754. The van der Waals surface area contributed by atoms with Gasteiger partial charge in [0.05, 0.1) is 0 Å². The SMILES string of the molecule is CCC1CCCNC(C)CC1. The van der Waals surface area contributed by atoms with Gasteiger partial charge in [-0.3, -0.25) is 0 Å². The lowest BCUT2D eigenvalue weighted by Crippen LogP contribution is -2.29. The fraction of sp³-hybridized carbons (Fsp3) is 1.00. The van der Waals surface area contributed by atoms with Crippen molar-refractivity contribution in [3.05, 3.63) is 0 Å². The molecule has 0 spiro atoms. The van der Waals surface area contributed by atoms with Crippen LogP contribution in [0.3, 0.4) is 0 Å². The highest BCUT2D eigenvalue weighted by molar-refractivity contribution is 4.69. The quantitative estimate of drug-likeness (QED) is 0.613. The standard InChI is InChI=1S/C10H21N/c1-3-10-5-4-8-11-9(2)6-7-10/h9-11H,3-8H2,1-2H3. The van der Waals surface area contributed by atoms with Crippen LogP contribution in [0.4, 0.5) is 0 Å². The van der Waals surface area contributed by atoms with Gasteiger partial charge in [0.25, 0.3) is 0 Å². The Hall–Kier alpha value is -0.0400. The van der Waals surface area contributed by atoms with Gasteiger partial charge in [0.1, 0.15) is 0 Å². The van der Waals surface area contributed by atoms with Crippen LogP contribution in [0.1, 0.15) is 46.0 Å². The summed E-state index contributed by atoms with van der Waals surface area (Å²) >= 11 is 0. The number of hydrogen-bond donors (Lipinski definition) is 1. The van der Waals surface area contributed by atoms with Gasteiger partial charge in [-0.2, -0.15) is 0 Å². The molecule has 0 aromatic carbocycles. The number of nitrogens with one attached hydrogen (secondary N) is 1. The number of rotatable bonds is 1. The van der Waals surface area contributed by atoms with E-state index < -0.39 is 0 Å². The minimum Gasteiger partial charge on any atom is -0.314 e. The maximum Gasteiger partial charge on any atom is 0.00388 e. The molecule has 2 atom stereocenters. The second-order valence-corrected chi connectivity index (χ2v) is 3.85. The maximum absolute atomic E-state index is 3.53. The first-order valence-electron chi connectivity index (χ1n) is 5.06. The lowest BCUT2D eigenvalue weighted by Gasteiger charge is -2.22. The molecule has 66 valence electrons. The van der Waals surface area contributed by atoms with Crippen molar-refractivity contribution in [1.82, 2.24) is 5.32 Å². The zero-order valence-corrected chi connectivity index (χ0v) is 7.90. The van der Waals surface area contributed by atoms with Crippen LogP contribution < -0.4 is 5.32 Å². The molecular weight excluding hydrogens is 134 g/mol. The predicted molar refractivity (Wildman–Crippen MR) is 49.7 cm³/mol. The van der Waals surface area contributed by atoms with Crippen LogP contribution in [0.15, 0.2) is 0 Å². The predicted octanol–water partition coefficient (Wildman–Crippen LogP) is 2.56. The second kappa shape index (κ2) is 4.76. The van der Waals surface area contributed by atoms with Crippen molar-refractivity contribution in [3.8, 4) is 0 Å². The van der Waals surface area contributed by atoms with Crippen molar-refractivity contribution >= 4 is 0 Å². The summed E-state index contributed by atoms with van der Waals surface area (Å²) in [6.07, 6.45) is 7.01. The zero-order chi connectivity index (χ0) is 8.10. The first-order chi connectivity index (χ1) is 5.33. The van der Waals surface area contributed by atoms with Gasteiger partial charge in [0, 0.05) is 6.04 Å². The molecule has 1 heteroatoms. The third-order valence-corrected chi connectivity index (χ3v) is 2.87. The average Bonchev–Trinajstić information content (AvgIpc) is 1.98. The van der Waals surface area contributed by atoms with Gasteiger partial charge in [0.2, 0.25) is 0 Å². The Morgan fingerprint density at radius 2 is 2.09 bits per heavy atom. The molecule has 1 N–H and O–H groups in total. The molecule has 0 saturated carbocycles. The highest BCUT2D eigenvalue weighted by atomic mass is 14.9. The fourth-order valence-corrected chi connectivity index (χ4v) is 1.88. The van der Waals surface area contributed by atoms with Gasteiger partial charge < -0.3 is 5.32 Å². The third-order valence-electron chi connectivity index (χ3n) is 2.87. The highest BCUT2D eigenvalue weighted by Gasteiger charge is 2.11. The Labute approximate surface area is 70.6 Å². The summed E-state index contributed by atoms with van der Waals surface area (Å²) in [7, 11) is 0. The summed E-state index contributed by atoms with van der Waals surface area (Å²) in [6.45, 7) is 5.86. The Balaban J connectivity index is 2.25. The lowest BCUT2D eigenvalue weighted by molar-refractivity contribution is 0.342. The topological polar surface area (TPSA) is 12.0 Å². The molecule has 1 saturated heterocycles. The van der Waals surface area contributed by atoms with Gasteiger partial charge in [-0.1, -0.05) is 13.3 Å². The summed E-state index contributed by atoms with van der Waals surface area (Å²) in [5, 5.41) is 3.53. The van der Waals surface area contributed by atoms with Gasteiger partial charge in [-0.25, -0.2) is 0 Å². The van der Waals surface area contributed by atoms with Gasteiger partial charge in [-0.15, -0.1) is 0 Å². The molecule has 1 heterocycles. The molecule has 2 unspecified atom stereocenters. The molecule has 0 aromatic rings. The average molecular weight is 155 g/mol. The van der Waals surface area contributed by atoms with Crippen LogP contribution >= 0.6 is 0 Å². The smallest absolute Gasteiger partial charge is 0.00388 e. The molecule has 1 aliphatic heterocycles. The van der Waals surface area contributed by atoms with Crippen LogP contribution in [-0.2, 0) is 0 Å². The van der Waals surface area contributed by atoms with Crippen molar-refractivity contribution in [2.45, 2.75) is 52.0 Å². The first kappa shape index (κ1) is 9.05.